The Kier molecular flexibility index (Phi) is 6.41. The van der Waals surface area contributed by atoms with Gasteiger partial charge in [0.15, 0.2) is 0 Å². The van der Waals surface area contributed by atoms with E-state index in [0.717, 1.165) is 0 Å². The smallest absolute Gasteiger partial charge is 0.347 e. The molecule has 0 aliphatic heterocycles. The minimum Gasteiger partial charge on any atom is -0.457 e. The molecule has 1 aromatic heterocycles. The average Bonchev–Trinajstić information content (AvgIpc) is 2.73. The third-order valence-electron chi connectivity index (χ3n) is 3.95. The maximum Gasteiger partial charge on any atom is 0.347 e. The van der Waals surface area contributed by atoms with Crippen LogP contribution in [0, 0.1) is 0 Å². The van der Waals surface area contributed by atoms with Crippen molar-refractivity contribution in [3.8, 4) is 11.5 Å². The van der Waals surface area contributed by atoms with Crippen LogP contribution < -0.4 is 20.9 Å². The summed E-state index contributed by atoms with van der Waals surface area (Å²) in [6, 6.07) is 12.1. The topological polar surface area (TPSA) is 157 Å². The van der Waals surface area contributed by atoms with E-state index in [1.165, 1.54) is 37.4 Å². The zero-order chi connectivity index (χ0) is 22.4. The van der Waals surface area contributed by atoms with Crippen molar-refractivity contribution >= 4 is 29.7 Å². The van der Waals surface area contributed by atoms with Crippen LogP contribution in [-0.2, 0) is 16.1 Å². The normalized spacial score (nSPS) is 10.2. The fraction of sp³-hybridized carbons (Fsp3) is 0.0952. The van der Waals surface area contributed by atoms with Gasteiger partial charge in [-0.2, -0.15) is 4.98 Å². The molecule has 0 aliphatic carbocycles. The molecule has 2 aromatic carbocycles. The first-order chi connectivity index (χ1) is 14.8. The summed E-state index contributed by atoms with van der Waals surface area (Å²) in [5.41, 5.74) is 11.6. The molecule has 0 atom stereocenters. The van der Waals surface area contributed by atoms with E-state index in [9.17, 15) is 14.4 Å². The number of aromatic nitrogens is 2. The van der Waals surface area contributed by atoms with Crippen LogP contribution in [-0.4, -0.2) is 27.9 Å². The Balaban J connectivity index is 1.77. The van der Waals surface area contributed by atoms with E-state index in [4.69, 9.17) is 25.7 Å². The quantitative estimate of drug-likeness (QED) is 0.445. The molecule has 3 rings (SSSR count). The van der Waals surface area contributed by atoms with E-state index < -0.39 is 17.9 Å². The Morgan fingerprint density at radius 1 is 0.871 bits per heavy atom. The Labute approximate surface area is 176 Å². The van der Waals surface area contributed by atoms with Crippen LogP contribution >= 0.6 is 0 Å². The highest BCUT2D eigenvalue weighted by atomic mass is 16.6. The third-order valence-corrected chi connectivity index (χ3v) is 3.95. The van der Waals surface area contributed by atoms with Gasteiger partial charge in [-0.25, -0.2) is 14.6 Å². The monoisotopic (exact) mass is 422 g/mol. The summed E-state index contributed by atoms with van der Waals surface area (Å²) in [6.07, 6.45) is 1.35. The summed E-state index contributed by atoms with van der Waals surface area (Å²) in [4.78, 5) is 44.0. The molecule has 10 nitrogen and oxygen atoms in total. The fourth-order valence-corrected chi connectivity index (χ4v) is 2.52. The zero-order valence-corrected chi connectivity index (χ0v) is 16.4. The van der Waals surface area contributed by atoms with E-state index in [1.54, 1.807) is 24.3 Å². The molecule has 0 fully saturated rings. The van der Waals surface area contributed by atoms with Gasteiger partial charge in [-0.3, -0.25) is 4.79 Å². The molecule has 0 aliphatic rings. The number of rotatable bonds is 6. The molecule has 0 unspecified atom stereocenters. The van der Waals surface area contributed by atoms with Crippen molar-refractivity contribution in [2.75, 3.05) is 11.5 Å². The van der Waals surface area contributed by atoms with Crippen LogP contribution in [0.1, 0.15) is 33.2 Å². The summed E-state index contributed by atoms with van der Waals surface area (Å²) in [5.74, 6) is -2.06. The van der Waals surface area contributed by atoms with Gasteiger partial charge in [0.05, 0.1) is 5.56 Å². The summed E-state index contributed by atoms with van der Waals surface area (Å²) in [7, 11) is 0. The van der Waals surface area contributed by atoms with E-state index in [1.807, 2.05) is 0 Å². The van der Waals surface area contributed by atoms with Crippen molar-refractivity contribution in [2.24, 2.45) is 0 Å². The van der Waals surface area contributed by atoms with Gasteiger partial charge < -0.3 is 25.7 Å². The number of carbonyl (C=O) groups is 3. The Hall–Kier alpha value is -4.47. The number of ether oxygens (including phenoxy) is 3. The number of esters is 3. The zero-order valence-electron chi connectivity index (χ0n) is 16.4. The van der Waals surface area contributed by atoms with E-state index in [0.29, 0.717) is 5.56 Å². The molecule has 10 heteroatoms. The van der Waals surface area contributed by atoms with Crippen LogP contribution in [0.3, 0.4) is 0 Å². The first kappa shape index (κ1) is 21.2. The minimum atomic E-state index is -0.812. The highest BCUT2D eigenvalue weighted by Gasteiger charge is 2.20. The molecule has 3 aromatic rings. The van der Waals surface area contributed by atoms with Crippen molar-refractivity contribution in [2.45, 2.75) is 13.5 Å². The lowest BCUT2D eigenvalue weighted by Crippen LogP contribution is -2.15. The summed E-state index contributed by atoms with van der Waals surface area (Å²) < 4.78 is 15.6. The first-order valence-corrected chi connectivity index (χ1v) is 8.97. The average molecular weight is 422 g/mol. The number of para-hydroxylation sites is 2. The summed E-state index contributed by atoms with van der Waals surface area (Å²) in [5, 5.41) is 0. The Morgan fingerprint density at radius 2 is 1.45 bits per heavy atom. The molecule has 0 amide bonds. The summed E-state index contributed by atoms with van der Waals surface area (Å²) in [6.45, 7) is 1.01. The van der Waals surface area contributed by atoms with Gasteiger partial charge >= 0.3 is 17.9 Å². The van der Waals surface area contributed by atoms with E-state index in [-0.39, 0.29) is 41.0 Å². The number of anilines is 2. The van der Waals surface area contributed by atoms with Crippen molar-refractivity contribution in [3.63, 3.8) is 0 Å². The van der Waals surface area contributed by atoms with Crippen LogP contribution in [0.5, 0.6) is 11.5 Å². The SMILES string of the molecule is CC(=O)Oc1ccccc1C(=O)Oc1ccccc1C(=O)OCc1cnc(N)nc1N. The lowest BCUT2D eigenvalue weighted by molar-refractivity contribution is -0.131. The molecule has 1 heterocycles. The highest BCUT2D eigenvalue weighted by Crippen LogP contribution is 2.24. The van der Waals surface area contributed by atoms with Gasteiger partial charge in [-0.15, -0.1) is 0 Å². The third kappa shape index (κ3) is 5.32. The largest absolute Gasteiger partial charge is 0.457 e. The second-order valence-electron chi connectivity index (χ2n) is 6.19. The molecule has 158 valence electrons. The fourth-order valence-electron chi connectivity index (χ4n) is 2.52. The predicted octanol–water partition coefficient (Wildman–Crippen LogP) is 2.14. The van der Waals surface area contributed by atoms with Crippen molar-refractivity contribution in [3.05, 3.63) is 71.4 Å². The van der Waals surface area contributed by atoms with Crippen LogP contribution in [0.15, 0.2) is 54.7 Å². The van der Waals surface area contributed by atoms with Gasteiger partial charge in [-0.1, -0.05) is 24.3 Å². The van der Waals surface area contributed by atoms with Gasteiger partial charge in [-0.05, 0) is 24.3 Å². The number of carbonyl (C=O) groups excluding carboxylic acids is 3. The van der Waals surface area contributed by atoms with Crippen molar-refractivity contribution in [1.29, 1.82) is 0 Å². The first-order valence-electron chi connectivity index (χ1n) is 8.97. The van der Waals surface area contributed by atoms with Gasteiger partial charge in [0, 0.05) is 13.1 Å². The predicted molar refractivity (Wildman–Crippen MR) is 109 cm³/mol. The molecular formula is C21H18N4O6. The van der Waals surface area contributed by atoms with Crippen LogP contribution in [0.4, 0.5) is 11.8 Å². The molecule has 0 saturated heterocycles. The summed E-state index contributed by atoms with van der Waals surface area (Å²) >= 11 is 0. The Bertz CT molecular complexity index is 1150. The second kappa shape index (κ2) is 9.35. The van der Waals surface area contributed by atoms with Gasteiger partial charge in [0.2, 0.25) is 5.95 Å². The van der Waals surface area contributed by atoms with Crippen LogP contribution in [0.2, 0.25) is 0 Å². The highest BCUT2D eigenvalue weighted by molar-refractivity contribution is 5.98. The van der Waals surface area contributed by atoms with E-state index >= 15 is 0 Å². The maximum absolute atomic E-state index is 12.6. The number of hydrogen-bond donors (Lipinski definition) is 2. The van der Waals surface area contributed by atoms with Crippen molar-refractivity contribution < 1.29 is 28.6 Å². The molecular weight excluding hydrogens is 404 g/mol. The molecule has 4 N–H and O–H groups in total. The second-order valence-corrected chi connectivity index (χ2v) is 6.19. The lowest BCUT2D eigenvalue weighted by Gasteiger charge is -2.12. The Morgan fingerprint density at radius 3 is 2.06 bits per heavy atom. The number of nitrogens with two attached hydrogens (primary N) is 2. The van der Waals surface area contributed by atoms with Gasteiger partial charge in [0.25, 0.3) is 0 Å². The van der Waals surface area contributed by atoms with E-state index in [2.05, 4.69) is 9.97 Å². The standard InChI is InChI=1S/C21H18N4O6/c1-12(26)30-16-8-4-3-7-15(16)20(28)31-17-9-5-2-6-14(17)19(27)29-11-13-10-24-21(23)25-18(13)22/h2-10H,11H2,1H3,(H4,22,23,24,25). The van der Waals surface area contributed by atoms with Crippen molar-refractivity contribution in [1.82, 2.24) is 9.97 Å². The maximum atomic E-state index is 12.6. The lowest BCUT2D eigenvalue weighted by atomic mass is 10.2. The molecule has 31 heavy (non-hydrogen) atoms. The number of hydrogen-bond acceptors (Lipinski definition) is 10. The number of nitrogen functional groups attached to an aromatic ring is 2. The molecule has 0 radical (unpaired) electrons. The number of nitrogens with zero attached hydrogens (tertiary/aromatic N) is 2. The molecule has 0 spiro atoms. The minimum absolute atomic E-state index is 0.00105. The molecule has 0 bridgehead atoms. The van der Waals surface area contributed by atoms with Gasteiger partial charge in [0.1, 0.15) is 35.1 Å². The number of benzene rings is 2. The molecule has 0 saturated carbocycles. The van der Waals surface area contributed by atoms with Crippen LogP contribution in [0.25, 0.3) is 0 Å².